The molecular formula is C22H27N7O3. The summed E-state index contributed by atoms with van der Waals surface area (Å²) in [5.74, 6) is 3.62. The second kappa shape index (κ2) is 10.5. The Morgan fingerprint density at radius 1 is 1.31 bits per heavy atom. The summed E-state index contributed by atoms with van der Waals surface area (Å²) >= 11 is 0. The third-order valence-electron chi connectivity index (χ3n) is 5.74. The minimum atomic E-state index is -0.736. The van der Waals surface area contributed by atoms with Crippen molar-refractivity contribution >= 4 is 35.3 Å². The van der Waals surface area contributed by atoms with Crippen LogP contribution in [0.3, 0.4) is 0 Å². The summed E-state index contributed by atoms with van der Waals surface area (Å²) in [6.07, 6.45) is 4.65. The Morgan fingerprint density at radius 3 is 2.62 bits per heavy atom. The Morgan fingerprint density at radius 2 is 2.03 bits per heavy atom. The van der Waals surface area contributed by atoms with E-state index < -0.39 is 23.8 Å². The molecule has 0 radical (unpaired) electrons. The van der Waals surface area contributed by atoms with Crippen LogP contribution in [-0.2, 0) is 14.4 Å². The quantitative estimate of drug-likeness (QED) is 0.368. The van der Waals surface area contributed by atoms with Gasteiger partial charge in [-0.05, 0) is 37.8 Å². The molecule has 0 bridgehead atoms. The number of aliphatic imine (C=N–C) groups is 1. The first-order valence-corrected chi connectivity index (χ1v) is 10.5. The predicted octanol–water partition coefficient (Wildman–Crippen LogP) is 0.762. The van der Waals surface area contributed by atoms with Gasteiger partial charge in [0.1, 0.15) is 6.04 Å². The molecule has 3 rings (SSSR count). The van der Waals surface area contributed by atoms with Gasteiger partial charge in [-0.2, -0.15) is 10.4 Å². The van der Waals surface area contributed by atoms with E-state index in [0.29, 0.717) is 5.69 Å². The Balaban J connectivity index is 1.58. The molecule has 0 spiro atoms. The van der Waals surface area contributed by atoms with Crippen LogP contribution in [0.1, 0.15) is 25.7 Å². The molecule has 2 atom stereocenters. The van der Waals surface area contributed by atoms with Gasteiger partial charge in [-0.15, -0.1) is 0 Å². The van der Waals surface area contributed by atoms with E-state index in [2.05, 4.69) is 21.5 Å². The van der Waals surface area contributed by atoms with Gasteiger partial charge in [0.15, 0.2) is 5.71 Å². The van der Waals surface area contributed by atoms with Gasteiger partial charge in [-0.1, -0.05) is 18.2 Å². The first kappa shape index (κ1) is 22.9. The van der Waals surface area contributed by atoms with Gasteiger partial charge in [0.2, 0.25) is 11.8 Å². The van der Waals surface area contributed by atoms with Crippen molar-refractivity contribution in [3.63, 3.8) is 0 Å². The van der Waals surface area contributed by atoms with Crippen LogP contribution >= 0.6 is 0 Å². The van der Waals surface area contributed by atoms with Crippen LogP contribution in [0.5, 0.6) is 0 Å². The van der Waals surface area contributed by atoms with Crippen molar-refractivity contribution in [2.75, 3.05) is 25.5 Å². The molecule has 1 heterocycles. The van der Waals surface area contributed by atoms with E-state index in [1.54, 1.807) is 24.3 Å². The van der Waals surface area contributed by atoms with Crippen LogP contribution in [0.15, 0.2) is 40.4 Å². The number of nitrogens with zero attached hydrogens (tertiary/aromatic N) is 5. The fraction of sp³-hybridized carbons (Fsp3) is 0.455. The molecular weight excluding hydrogens is 410 g/mol. The lowest BCUT2D eigenvalue weighted by molar-refractivity contribution is -0.136. The molecule has 1 saturated heterocycles. The topological polar surface area (TPSA) is 144 Å². The zero-order valence-corrected chi connectivity index (χ0v) is 18.0. The number of nitriles is 1. The summed E-state index contributed by atoms with van der Waals surface area (Å²) in [6.45, 7) is -0.154. The third kappa shape index (κ3) is 5.49. The number of nitrogens with two attached hydrogens (primary N) is 1. The molecule has 32 heavy (non-hydrogen) atoms. The summed E-state index contributed by atoms with van der Waals surface area (Å²) in [4.78, 5) is 44.8. The summed E-state index contributed by atoms with van der Waals surface area (Å²) in [7, 11) is 1.46. The number of carbonyl (C=O) groups excluding carboxylic acids is 3. The SMILES string of the molecule is CN(CC(=O)N1CC(C(=O)Nc2ccccc2)CC1C#N)C(=O)/C(C=NC1CCC1)=N/N. The smallest absolute Gasteiger partial charge is 0.276 e. The molecule has 10 nitrogen and oxygen atoms in total. The molecule has 1 aliphatic heterocycles. The highest BCUT2D eigenvalue weighted by Gasteiger charge is 2.39. The van der Waals surface area contributed by atoms with Gasteiger partial charge < -0.3 is 21.0 Å². The number of para-hydroxylation sites is 1. The van der Waals surface area contributed by atoms with E-state index in [1.165, 1.54) is 23.1 Å². The van der Waals surface area contributed by atoms with E-state index in [1.807, 2.05) is 6.07 Å². The van der Waals surface area contributed by atoms with Crippen LogP contribution in [0.4, 0.5) is 5.69 Å². The standard InChI is InChI=1S/C22H27N7O3/c1-28(22(32)19(27-24)12-25-16-8-5-9-16)14-20(30)29-13-15(10-18(29)11-23)21(31)26-17-6-3-2-4-7-17/h2-4,6-7,12,15-16,18H,5,8-10,13-14,24H2,1H3,(H,26,31)/b25-12?,27-19+. The molecule has 2 fully saturated rings. The number of anilines is 1. The minimum Gasteiger partial charge on any atom is -0.331 e. The maximum Gasteiger partial charge on any atom is 0.276 e. The highest BCUT2D eigenvalue weighted by Crippen LogP contribution is 2.25. The minimum absolute atomic E-state index is 0.0365. The number of benzene rings is 1. The molecule has 1 aromatic carbocycles. The molecule has 1 aromatic rings. The van der Waals surface area contributed by atoms with Gasteiger partial charge in [-0.3, -0.25) is 19.4 Å². The molecule has 0 aromatic heterocycles. The van der Waals surface area contributed by atoms with Crippen molar-refractivity contribution < 1.29 is 14.4 Å². The van der Waals surface area contributed by atoms with Crippen LogP contribution < -0.4 is 11.2 Å². The normalized spacial score (nSPS) is 21.1. The number of amides is 3. The first-order valence-electron chi connectivity index (χ1n) is 10.5. The summed E-state index contributed by atoms with van der Waals surface area (Å²) in [6, 6.07) is 10.5. The second-order valence-corrected chi connectivity index (χ2v) is 8.02. The highest BCUT2D eigenvalue weighted by molar-refractivity contribution is 6.60. The monoisotopic (exact) mass is 437 g/mol. The van der Waals surface area contributed by atoms with Gasteiger partial charge in [-0.25, -0.2) is 0 Å². The van der Waals surface area contributed by atoms with Crippen molar-refractivity contribution in [2.24, 2.45) is 21.9 Å². The molecule has 10 heteroatoms. The van der Waals surface area contributed by atoms with E-state index in [4.69, 9.17) is 5.84 Å². The maximum absolute atomic E-state index is 12.8. The van der Waals surface area contributed by atoms with Gasteiger partial charge in [0, 0.05) is 19.3 Å². The molecule has 3 amide bonds. The third-order valence-corrected chi connectivity index (χ3v) is 5.74. The molecule has 1 saturated carbocycles. The Kier molecular flexibility index (Phi) is 7.54. The number of hydrogen-bond acceptors (Lipinski definition) is 7. The van der Waals surface area contributed by atoms with Crippen molar-refractivity contribution in [3.8, 4) is 6.07 Å². The summed E-state index contributed by atoms with van der Waals surface area (Å²) in [5.41, 5.74) is 0.615. The molecule has 2 unspecified atom stereocenters. The number of hydrogen-bond donors (Lipinski definition) is 2. The van der Waals surface area contributed by atoms with Crippen molar-refractivity contribution in [2.45, 2.75) is 37.8 Å². The van der Waals surface area contributed by atoms with Crippen molar-refractivity contribution in [1.29, 1.82) is 5.26 Å². The number of likely N-dealkylation sites (tertiary alicyclic amines) is 1. The largest absolute Gasteiger partial charge is 0.331 e. The Labute approximate surface area is 186 Å². The van der Waals surface area contributed by atoms with Crippen molar-refractivity contribution in [3.05, 3.63) is 30.3 Å². The van der Waals surface area contributed by atoms with Gasteiger partial charge in [0.25, 0.3) is 5.91 Å². The van der Waals surface area contributed by atoms with E-state index in [9.17, 15) is 19.6 Å². The predicted molar refractivity (Wildman–Crippen MR) is 120 cm³/mol. The number of carbonyl (C=O) groups is 3. The van der Waals surface area contributed by atoms with Gasteiger partial charge >= 0.3 is 0 Å². The number of rotatable bonds is 7. The lowest BCUT2D eigenvalue weighted by Crippen LogP contribution is -2.45. The summed E-state index contributed by atoms with van der Waals surface area (Å²) in [5, 5.41) is 15.8. The van der Waals surface area contributed by atoms with E-state index >= 15 is 0 Å². The number of likely N-dealkylation sites (N-methyl/N-ethyl adjacent to an activating group) is 1. The van der Waals surface area contributed by atoms with Crippen LogP contribution in [0.2, 0.25) is 0 Å². The first-order chi connectivity index (χ1) is 15.4. The second-order valence-electron chi connectivity index (χ2n) is 8.02. The Hall–Kier alpha value is -3.74. The van der Waals surface area contributed by atoms with E-state index in [0.717, 1.165) is 19.3 Å². The maximum atomic E-state index is 12.8. The fourth-order valence-electron chi connectivity index (χ4n) is 3.61. The van der Waals surface area contributed by atoms with Crippen LogP contribution in [0, 0.1) is 17.2 Å². The molecule has 168 valence electrons. The van der Waals surface area contributed by atoms with E-state index in [-0.39, 0.29) is 37.2 Å². The fourth-order valence-corrected chi connectivity index (χ4v) is 3.61. The molecule has 3 N–H and O–H groups in total. The van der Waals surface area contributed by atoms with Crippen LogP contribution in [-0.4, -0.2) is 71.7 Å². The Bertz CT molecular complexity index is 950. The summed E-state index contributed by atoms with van der Waals surface area (Å²) < 4.78 is 0. The lowest BCUT2D eigenvalue weighted by Gasteiger charge is -2.24. The zero-order chi connectivity index (χ0) is 23.1. The lowest BCUT2D eigenvalue weighted by atomic mass is 9.94. The van der Waals surface area contributed by atoms with Gasteiger partial charge in [0.05, 0.1) is 30.8 Å². The number of hydrazone groups is 1. The highest BCUT2D eigenvalue weighted by atomic mass is 16.2. The average Bonchev–Trinajstić information content (AvgIpc) is 3.20. The van der Waals surface area contributed by atoms with Crippen molar-refractivity contribution in [1.82, 2.24) is 9.80 Å². The molecule has 1 aliphatic carbocycles. The van der Waals surface area contributed by atoms with Crippen LogP contribution in [0.25, 0.3) is 0 Å². The number of nitrogens with one attached hydrogen (secondary N) is 1. The molecule has 2 aliphatic rings. The zero-order valence-electron chi connectivity index (χ0n) is 18.0. The average molecular weight is 438 g/mol.